The Labute approximate surface area is 384 Å². The Morgan fingerprint density at radius 2 is 1.17 bits per heavy atom. The average Bonchev–Trinajstić information content (AvgIpc) is 3.36. The largest absolute Gasteiger partial charge is 0.374 e. The number of nitrogens with one attached hydrogen (secondary N) is 3. The van der Waals surface area contributed by atoms with E-state index < -0.39 is 11.7 Å². The van der Waals surface area contributed by atoms with E-state index in [2.05, 4.69) is 202 Å². The van der Waals surface area contributed by atoms with Crippen LogP contribution in [-0.4, -0.2) is 17.9 Å². The maximum absolute atomic E-state index is 8.96. The predicted molar refractivity (Wildman–Crippen MR) is 272 cm³/mol. The van der Waals surface area contributed by atoms with E-state index in [0.717, 1.165) is 46.9 Å². The molecule has 0 saturated carbocycles. The first-order valence-corrected chi connectivity index (χ1v) is 23.3. The lowest BCUT2D eigenvalue weighted by Crippen LogP contribution is -2.52. The number of allylic oxidation sites excluding steroid dienone is 7. The van der Waals surface area contributed by atoms with Gasteiger partial charge in [0.25, 0.3) is 0 Å². The van der Waals surface area contributed by atoms with Gasteiger partial charge in [0.1, 0.15) is 11.7 Å². The molecule has 0 aromatic heterocycles. The molecule has 0 bridgehead atoms. The Kier molecular flexibility index (Phi) is 11.5. The van der Waals surface area contributed by atoms with E-state index in [0.29, 0.717) is 17.8 Å². The van der Waals surface area contributed by atoms with Gasteiger partial charge in [-0.1, -0.05) is 209 Å². The fraction of sp³-hybridized carbons (Fsp3) is 0.217. The fourth-order valence-corrected chi connectivity index (χ4v) is 10.7. The summed E-state index contributed by atoms with van der Waals surface area (Å²) in [5, 5.41) is 16.7. The Morgan fingerprint density at radius 3 is 1.82 bits per heavy atom. The van der Waals surface area contributed by atoms with Crippen molar-refractivity contribution in [2.75, 3.05) is 0 Å². The third-order valence-corrected chi connectivity index (χ3v) is 14.3. The number of fused-ring (bicyclic) bond motifs is 1. The van der Waals surface area contributed by atoms with E-state index in [-0.39, 0.29) is 11.8 Å². The third-order valence-electron chi connectivity index (χ3n) is 14.3. The summed E-state index contributed by atoms with van der Waals surface area (Å²) in [6, 6.07) is 58.1. The molecule has 6 aromatic carbocycles. The molecule has 0 saturated heterocycles. The van der Waals surface area contributed by atoms with Crippen LogP contribution < -0.4 is 10.6 Å². The molecule has 65 heavy (non-hydrogen) atoms. The molecular weight excluding hydrogens is 791 g/mol. The molecule has 2 heterocycles. The quantitative estimate of drug-likeness (QED) is 0.0949. The minimum Gasteiger partial charge on any atom is -0.374 e. The van der Waals surface area contributed by atoms with Crippen LogP contribution in [0.5, 0.6) is 0 Å². The van der Waals surface area contributed by atoms with Gasteiger partial charge in [-0.3, -0.25) is 0 Å². The summed E-state index contributed by atoms with van der Waals surface area (Å²) < 4.78 is 0. The van der Waals surface area contributed by atoms with Gasteiger partial charge in [-0.05, 0) is 93.5 Å². The average molecular weight is 848 g/mol. The highest BCUT2D eigenvalue weighted by atomic mass is 15.2. The van der Waals surface area contributed by atoms with Gasteiger partial charge in [-0.2, -0.15) is 0 Å². The minimum absolute atomic E-state index is 0.00258. The summed E-state index contributed by atoms with van der Waals surface area (Å²) in [6.45, 7) is 9.34. The molecule has 0 amide bonds. The van der Waals surface area contributed by atoms with Crippen LogP contribution in [0.3, 0.4) is 0 Å². The molecule has 7 atom stereocenters. The van der Waals surface area contributed by atoms with E-state index in [9.17, 15) is 0 Å². The molecule has 0 fully saturated rings. The summed E-state index contributed by atoms with van der Waals surface area (Å²) in [4.78, 5) is 10.4. The van der Waals surface area contributed by atoms with Crippen molar-refractivity contribution in [3.8, 4) is 11.1 Å². The molecule has 5 heteroatoms. The van der Waals surface area contributed by atoms with E-state index in [1.807, 2.05) is 24.3 Å². The number of benzene rings is 6. The lowest BCUT2D eigenvalue weighted by Gasteiger charge is -2.49. The number of aliphatic imine (C=N–C) groups is 2. The van der Waals surface area contributed by atoms with Crippen molar-refractivity contribution in [2.45, 2.75) is 52.2 Å². The molecular formula is C60H57N5. The van der Waals surface area contributed by atoms with Gasteiger partial charge in [0.2, 0.25) is 0 Å². The maximum atomic E-state index is 8.96. The van der Waals surface area contributed by atoms with Crippen LogP contribution in [-0.2, 0) is 5.54 Å². The number of amidine groups is 2. The topological polar surface area (TPSA) is 72.6 Å². The van der Waals surface area contributed by atoms with Gasteiger partial charge in [0.05, 0.1) is 11.2 Å². The van der Waals surface area contributed by atoms with Gasteiger partial charge in [0.15, 0.2) is 6.17 Å². The van der Waals surface area contributed by atoms with Crippen molar-refractivity contribution >= 4 is 34.7 Å². The monoisotopic (exact) mass is 847 g/mol. The summed E-state index contributed by atoms with van der Waals surface area (Å²) in [5.41, 5.74) is 14.9. The van der Waals surface area contributed by atoms with Crippen molar-refractivity contribution in [1.82, 2.24) is 10.6 Å². The van der Waals surface area contributed by atoms with Crippen LogP contribution >= 0.6 is 0 Å². The lowest BCUT2D eigenvalue weighted by molar-refractivity contribution is 0.183. The van der Waals surface area contributed by atoms with Crippen molar-refractivity contribution in [1.29, 1.82) is 5.41 Å². The first-order chi connectivity index (χ1) is 31.8. The molecule has 3 N–H and O–H groups in total. The molecule has 5 nitrogen and oxygen atoms in total. The molecule has 0 spiro atoms. The van der Waals surface area contributed by atoms with Crippen LogP contribution in [0, 0.1) is 35.0 Å². The van der Waals surface area contributed by atoms with Crippen LogP contribution in [0.2, 0.25) is 0 Å². The summed E-state index contributed by atoms with van der Waals surface area (Å²) in [5.74, 6) is 3.11. The van der Waals surface area contributed by atoms with Crippen LogP contribution in [0.4, 0.5) is 0 Å². The van der Waals surface area contributed by atoms with Gasteiger partial charge in [0, 0.05) is 28.8 Å². The molecule has 2 aliphatic heterocycles. The summed E-state index contributed by atoms with van der Waals surface area (Å²) >= 11 is 0. The molecule has 10 rings (SSSR count). The highest BCUT2D eigenvalue weighted by Crippen LogP contribution is 2.51. The van der Waals surface area contributed by atoms with E-state index in [1.165, 1.54) is 50.1 Å². The predicted octanol–water partition coefficient (Wildman–Crippen LogP) is 13.7. The van der Waals surface area contributed by atoms with Gasteiger partial charge < -0.3 is 16.0 Å². The number of nitrogens with zero attached hydrogens (tertiary/aromatic N) is 2. The molecule has 6 aromatic rings. The highest BCUT2D eigenvalue weighted by molar-refractivity contribution is 6.16. The second-order valence-corrected chi connectivity index (χ2v) is 18.6. The third kappa shape index (κ3) is 8.16. The first-order valence-electron chi connectivity index (χ1n) is 23.3. The Balaban J connectivity index is 0.983. The second kappa shape index (κ2) is 17.8. The van der Waals surface area contributed by atoms with E-state index in [4.69, 9.17) is 15.4 Å². The standard InChI is InChI=1S/C60H57N5/c1-39-24-25-40(2)52(36-39)54(38-61)60(4)53-23-15-14-22-51(53)55(56(65-60)45-18-10-6-11-19-45)50-35-34-49(37-41(50)3)44-28-32-48(33-29-44)59-63-57(46-20-12-7-13-21-46)62-58(64-59)47-30-26-43(27-31-47)42-16-8-5-9-17-42/h5-35,38-41,52,54,59,61,65H,36-37H2,1-4H3,(H,62,63,64). The Bertz CT molecular complexity index is 2890. The molecule has 4 aliphatic rings. The molecule has 0 radical (unpaired) electrons. The van der Waals surface area contributed by atoms with Crippen molar-refractivity contribution in [2.24, 2.45) is 39.6 Å². The van der Waals surface area contributed by atoms with Gasteiger partial charge in [-0.15, -0.1) is 0 Å². The Hall–Kier alpha value is -7.11. The van der Waals surface area contributed by atoms with E-state index >= 15 is 0 Å². The van der Waals surface area contributed by atoms with Crippen LogP contribution in [0.15, 0.2) is 204 Å². The molecule has 322 valence electrons. The SMILES string of the molecule is CC1C=CC(C)C(C(C=N)C2(C)NC(c3ccccc3)=C(C3=CC=C(c4ccc(C5N=C(c6ccccc6)NC(c6ccc(-c7ccccc7)cc6)=N5)cc4)CC3C)c3ccccc32)C1. The van der Waals surface area contributed by atoms with Gasteiger partial charge >= 0.3 is 0 Å². The second-order valence-electron chi connectivity index (χ2n) is 18.6. The van der Waals surface area contributed by atoms with Crippen molar-refractivity contribution < 1.29 is 0 Å². The normalized spacial score (nSPS) is 24.3. The zero-order valence-corrected chi connectivity index (χ0v) is 37.7. The van der Waals surface area contributed by atoms with Gasteiger partial charge in [-0.25, -0.2) is 9.98 Å². The number of hydrogen-bond donors (Lipinski definition) is 3. The smallest absolute Gasteiger partial charge is 0.169 e. The number of rotatable bonds is 10. The fourth-order valence-electron chi connectivity index (χ4n) is 10.7. The molecule has 7 unspecified atom stereocenters. The first kappa shape index (κ1) is 41.9. The van der Waals surface area contributed by atoms with Crippen molar-refractivity contribution in [3.05, 3.63) is 233 Å². The minimum atomic E-state index is -0.476. The molecule has 2 aliphatic carbocycles. The van der Waals surface area contributed by atoms with E-state index in [1.54, 1.807) is 6.21 Å². The zero-order valence-electron chi connectivity index (χ0n) is 37.7. The summed E-state index contributed by atoms with van der Waals surface area (Å²) in [7, 11) is 0. The van der Waals surface area contributed by atoms with Crippen LogP contribution in [0.25, 0.3) is 28.0 Å². The zero-order chi connectivity index (χ0) is 44.5. The maximum Gasteiger partial charge on any atom is 0.169 e. The number of hydrogen-bond acceptors (Lipinski definition) is 5. The van der Waals surface area contributed by atoms with Crippen LogP contribution in [0.1, 0.15) is 85.6 Å². The summed E-state index contributed by atoms with van der Waals surface area (Å²) in [6.07, 6.45) is 12.8. The Morgan fingerprint density at radius 1 is 0.615 bits per heavy atom. The lowest BCUT2D eigenvalue weighted by atomic mass is 9.62. The van der Waals surface area contributed by atoms with Crippen molar-refractivity contribution in [3.63, 3.8) is 0 Å². The highest BCUT2D eigenvalue weighted by Gasteiger charge is 2.47.